The Balaban J connectivity index is 1.62. The van der Waals surface area contributed by atoms with E-state index in [1.54, 1.807) is 30.5 Å². The Kier molecular flexibility index (Phi) is 4.50. The van der Waals surface area contributed by atoms with Crippen molar-refractivity contribution in [3.8, 4) is 0 Å². The van der Waals surface area contributed by atoms with Crippen LogP contribution in [-0.2, 0) is 0 Å². The van der Waals surface area contributed by atoms with Gasteiger partial charge >= 0.3 is 0 Å². The normalized spacial score (nSPS) is 12.2. The lowest BCUT2D eigenvalue weighted by atomic mass is 9.96. The van der Waals surface area contributed by atoms with Crippen LogP contribution in [0.4, 0.5) is 0 Å². The lowest BCUT2D eigenvalue weighted by molar-refractivity contribution is 0.0947. The summed E-state index contributed by atoms with van der Waals surface area (Å²) in [5, 5.41) is 6.27. The van der Waals surface area contributed by atoms with Crippen LogP contribution in [0.25, 0.3) is 10.9 Å². The zero-order valence-electron chi connectivity index (χ0n) is 14.3. The Bertz CT molecular complexity index is 1040. The van der Waals surface area contributed by atoms with E-state index < -0.39 is 0 Å². The average molecular weight is 362 g/mol. The molecule has 3 aromatic heterocycles. The molecule has 0 spiro atoms. The van der Waals surface area contributed by atoms with Crippen LogP contribution in [0.5, 0.6) is 0 Å². The minimum atomic E-state index is -0.183. The molecule has 0 fully saturated rings. The topological polar surface area (TPSA) is 70.7 Å². The molecule has 0 saturated carbocycles. The monoisotopic (exact) mass is 362 g/mol. The van der Waals surface area contributed by atoms with Crippen molar-refractivity contribution < 1.29 is 4.79 Å². The summed E-state index contributed by atoms with van der Waals surface area (Å²) < 4.78 is 0. The molecule has 2 N–H and O–H groups in total. The van der Waals surface area contributed by atoms with Gasteiger partial charge in [0, 0.05) is 40.6 Å². The standard InChI is InChI=1S/C20H18N4OS/c1-13-21-9-8-18(24-13)20(25)23-12-16(19-7-4-10-26-19)15-11-22-17-6-3-2-5-14(15)17/h2-11,16,22H,12H2,1H3,(H,23,25)/t16-/m0/s1. The molecule has 0 radical (unpaired) electrons. The molecule has 0 aliphatic heterocycles. The zero-order chi connectivity index (χ0) is 17.9. The third kappa shape index (κ3) is 3.23. The van der Waals surface area contributed by atoms with Gasteiger partial charge in [0.25, 0.3) is 5.91 Å². The predicted octanol–water partition coefficient (Wildman–Crippen LogP) is 3.89. The van der Waals surface area contributed by atoms with Crippen molar-refractivity contribution in [2.24, 2.45) is 0 Å². The largest absolute Gasteiger partial charge is 0.361 e. The van der Waals surface area contributed by atoms with Crippen LogP contribution in [0, 0.1) is 6.92 Å². The number of benzene rings is 1. The number of carbonyl (C=O) groups excluding carboxylic acids is 1. The quantitative estimate of drug-likeness (QED) is 0.566. The molecule has 0 bridgehead atoms. The maximum atomic E-state index is 12.5. The molecule has 130 valence electrons. The van der Waals surface area contributed by atoms with Crippen LogP contribution < -0.4 is 5.32 Å². The molecular weight excluding hydrogens is 344 g/mol. The number of aromatic nitrogens is 3. The Hall–Kier alpha value is -2.99. The van der Waals surface area contributed by atoms with Gasteiger partial charge in [0.05, 0.1) is 0 Å². The number of nitrogens with one attached hydrogen (secondary N) is 2. The Morgan fingerprint density at radius 2 is 2.12 bits per heavy atom. The second-order valence-electron chi connectivity index (χ2n) is 6.06. The van der Waals surface area contributed by atoms with E-state index in [-0.39, 0.29) is 11.8 Å². The Morgan fingerprint density at radius 3 is 2.92 bits per heavy atom. The number of H-pyrrole nitrogens is 1. The van der Waals surface area contributed by atoms with Crippen molar-refractivity contribution in [2.75, 3.05) is 6.54 Å². The number of carbonyl (C=O) groups is 1. The lowest BCUT2D eigenvalue weighted by Crippen LogP contribution is -2.29. The summed E-state index contributed by atoms with van der Waals surface area (Å²) in [7, 11) is 0. The first-order chi connectivity index (χ1) is 12.7. The fourth-order valence-corrected chi connectivity index (χ4v) is 3.95. The fourth-order valence-electron chi connectivity index (χ4n) is 3.10. The summed E-state index contributed by atoms with van der Waals surface area (Å²) in [5.41, 5.74) is 2.67. The number of aromatic amines is 1. The third-order valence-corrected chi connectivity index (χ3v) is 5.34. The van der Waals surface area contributed by atoms with E-state index in [2.05, 4.69) is 43.8 Å². The molecule has 4 rings (SSSR count). The van der Waals surface area contributed by atoms with Crippen LogP contribution >= 0.6 is 11.3 Å². The molecule has 0 aliphatic rings. The zero-order valence-corrected chi connectivity index (χ0v) is 15.1. The summed E-state index contributed by atoms with van der Waals surface area (Å²) in [6.07, 6.45) is 3.64. The minimum Gasteiger partial charge on any atom is -0.361 e. The lowest BCUT2D eigenvalue weighted by Gasteiger charge is -2.16. The van der Waals surface area contributed by atoms with Gasteiger partial charge in [0.2, 0.25) is 0 Å². The van der Waals surface area contributed by atoms with Gasteiger partial charge in [-0.1, -0.05) is 24.3 Å². The minimum absolute atomic E-state index is 0.0815. The van der Waals surface area contributed by atoms with Gasteiger partial charge in [-0.3, -0.25) is 4.79 Å². The van der Waals surface area contributed by atoms with Crippen molar-refractivity contribution in [1.29, 1.82) is 0 Å². The third-order valence-electron chi connectivity index (χ3n) is 4.36. The van der Waals surface area contributed by atoms with Crippen LogP contribution in [0.15, 0.2) is 60.2 Å². The fraction of sp³-hybridized carbons (Fsp3) is 0.150. The summed E-state index contributed by atoms with van der Waals surface area (Å²) in [6, 6.07) is 14.0. The van der Waals surface area contributed by atoms with Gasteiger partial charge in [-0.15, -0.1) is 11.3 Å². The van der Waals surface area contributed by atoms with Crippen molar-refractivity contribution >= 4 is 28.1 Å². The number of nitrogens with zero attached hydrogens (tertiary/aromatic N) is 2. The van der Waals surface area contributed by atoms with E-state index in [0.717, 1.165) is 5.52 Å². The Morgan fingerprint density at radius 1 is 1.23 bits per heavy atom. The number of thiophene rings is 1. The van der Waals surface area contributed by atoms with E-state index >= 15 is 0 Å². The van der Waals surface area contributed by atoms with Crippen LogP contribution in [0.3, 0.4) is 0 Å². The second-order valence-corrected chi connectivity index (χ2v) is 7.04. The van der Waals surface area contributed by atoms with Gasteiger partial charge in [-0.25, -0.2) is 9.97 Å². The first kappa shape index (κ1) is 16.5. The summed E-state index contributed by atoms with van der Waals surface area (Å²) in [5.74, 6) is 0.485. The molecule has 0 unspecified atom stereocenters. The molecule has 1 aromatic carbocycles. The number of amides is 1. The van der Waals surface area contributed by atoms with Crippen molar-refractivity contribution in [3.05, 3.63) is 82.2 Å². The molecule has 26 heavy (non-hydrogen) atoms. The smallest absolute Gasteiger partial charge is 0.270 e. The van der Waals surface area contributed by atoms with Crippen molar-refractivity contribution in [3.63, 3.8) is 0 Å². The molecule has 5 nitrogen and oxygen atoms in total. The second kappa shape index (κ2) is 7.09. The number of hydrogen-bond donors (Lipinski definition) is 2. The summed E-state index contributed by atoms with van der Waals surface area (Å²) >= 11 is 1.70. The average Bonchev–Trinajstić information content (AvgIpc) is 3.32. The van der Waals surface area contributed by atoms with Crippen LogP contribution in [-0.4, -0.2) is 27.4 Å². The highest BCUT2D eigenvalue weighted by Crippen LogP contribution is 2.32. The predicted molar refractivity (Wildman–Crippen MR) is 104 cm³/mol. The van der Waals surface area contributed by atoms with E-state index in [1.807, 2.05) is 24.4 Å². The van der Waals surface area contributed by atoms with Gasteiger partial charge in [-0.05, 0) is 36.1 Å². The number of aryl methyl sites for hydroxylation is 1. The maximum absolute atomic E-state index is 12.5. The highest BCUT2D eigenvalue weighted by Gasteiger charge is 2.20. The van der Waals surface area contributed by atoms with E-state index in [0.29, 0.717) is 18.1 Å². The SMILES string of the molecule is Cc1nccc(C(=O)NC[C@H](c2cccs2)c2c[nH]c3ccccc23)n1. The number of para-hydroxylation sites is 1. The molecule has 6 heteroatoms. The number of fused-ring (bicyclic) bond motifs is 1. The molecule has 3 heterocycles. The Labute approximate surface area is 155 Å². The molecular formula is C20H18N4OS. The van der Waals surface area contributed by atoms with E-state index in [4.69, 9.17) is 0 Å². The van der Waals surface area contributed by atoms with Crippen molar-refractivity contribution in [1.82, 2.24) is 20.3 Å². The molecule has 0 aliphatic carbocycles. The summed E-state index contributed by atoms with van der Waals surface area (Å²) in [4.78, 5) is 25.3. The first-order valence-electron chi connectivity index (χ1n) is 8.39. The van der Waals surface area contributed by atoms with Gasteiger partial charge < -0.3 is 10.3 Å². The highest BCUT2D eigenvalue weighted by atomic mass is 32.1. The number of hydrogen-bond acceptors (Lipinski definition) is 4. The van der Waals surface area contributed by atoms with Gasteiger partial charge in [-0.2, -0.15) is 0 Å². The molecule has 1 amide bonds. The summed E-state index contributed by atoms with van der Waals surface area (Å²) in [6.45, 7) is 2.28. The van der Waals surface area contributed by atoms with Crippen LogP contribution in [0.2, 0.25) is 0 Å². The molecule has 4 aromatic rings. The maximum Gasteiger partial charge on any atom is 0.270 e. The molecule has 1 atom stereocenters. The van der Waals surface area contributed by atoms with Gasteiger partial charge in [0.1, 0.15) is 11.5 Å². The highest BCUT2D eigenvalue weighted by molar-refractivity contribution is 7.10. The van der Waals surface area contributed by atoms with E-state index in [9.17, 15) is 4.79 Å². The molecule has 0 saturated heterocycles. The van der Waals surface area contributed by atoms with E-state index in [1.165, 1.54) is 15.8 Å². The van der Waals surface area contributed by atoms with Crippen molar-refractivity contribution in [2.45, 2.75) is 12.8 Å². The van der Waals surface area contributed by atoms with Crippen LogP contribution in [0.1, 0.15) is 32.7 Å². The number of rotatable bonds is 5. The van der Waals surface area contributed by atoms with Gasteiger partial charge in [0.15, 0.2) is 0 Å². The first-order valence-corrected chi connectivity index (χ1v) is 9.27.